The molecule has 0 unspecified atom stereocenters. The second-order valence-corrected chi connectivity index (χ2v) is 5.28. The van der Waals surface area contributed by atoms with Gasteiger partial charge < -0.3 is 16.2 Å². The number of aliphatic hydroxyl groups excluding tert-OH is 1. The van der Waals surface area contributed by atoms with Crippen LogP contribution < -0.4 is 11.1 Å². The number of aliphatic hydroxyl groups is 1. The van der Waals surface area contributed by atoms with Crippen LogP contribution in [0.3, 0.4) is 0 Å². The van der Waals surface area contributed by atoms with Crippen LogP contribution in [0.15, 0.2) is 10.7 Å². The van der Waals surface area contributed by atoms with Crippen LogP contribution in [0.25, 0.3) is 0 Å². The first-order valence-corrected chi connectivity index (χ1v) is 5.96. The second kappa shape index (κ2) is 5.01. The molecular weight excluding hydrogens is 270 g/mol. The Hall–Kier alpha value is -0.810. The van der Waals surface area contributed by atoms with E-state index in [1.807, 2.05) is 20.8 Å². The number of hydrogen-bond acceptors (Lipinski definition) is 4. The first kappa shape index (κ1) is 13.3. The van der Waals surface area contributed by atoms with Crippen molar-refractivity contribution in [3.05, 3.63) is 16.2 Å². The molecule has 0 bridgehead atoms. The maximum atomic E-state index is 8.96. The summed E-state index contributed by atoms with van der Waals surface area (Å²) >= 11 is 3.47. The van der Waals surface area contributed by atoms with Crippen LogP contribution in [0.2, 0.25) is 0 Å². The summed E-state index contributed by atoms with van der Waals surface area (Å²) in [7, 11) is 0. The molecule has 0 aliphatic rings. The Balaban J connectivity index is 2.94. The van der Waals surface area contributed by atoms with Gasteiger partial charge in [0.2, 0.25) is 0 Å². The highest BCUT2D eigenvalue weighted by Crippen LogP contribution is 2.30. The SMILES string of the molecule is Cc1c(N)cnc(NC(C)(C)CCO)c1Br. The molecule has 0 saturated carbocycles. The van der Waals surface area contributed by atoms with Crippen molar-refractivity contribution >= 4 is 27.4 Å². The lowest BCUT2D eigenvalue weighted by atomic mass is 10.0. The van der Waals surface area contributed by atoms with Gasteiger partial charge in [0.05, 0.1) is 16.4 Å². The third kappa shape index (κ3) is 3.09. The molecule has 0 radical (unpaired) electrons. The van der Waals surface area contributed by atoms with E-state index < -0.39 is 0 Å². The van der Waals surface area contributed by atoms with Crippen LogP contribution in [-0.4, -0.2) is 22.2 Å². The second-order valence-electron chi connectivity index (χ2n) is 4.48. The van der Waals surface area contributed by atoms with E-state index in [1.54, 1.807) is 6.20 Å². The van der Waals surface area contributed by atoms with Crippen molar-refractivity contribution in [2.24, 2.45) is 0 Å². The van der Waals surface area contributed by atoms with E-state index in [-0.39, 0.29) is 12.1 Å². The van der Waals surface area contributed by atoms with Crippen molar-refractivity contribution in [1.29, 1.82) is 0 Å². The normalized spacial score (nSPS) is 11.6. The van der Waals surface area contributed by atoms with Gasteiger partial charge in [-0.3, -0.25) is 0 Å². The molecule has 0 atom stereocenters. The lowest BCUT2D eigenvalue weighted by molar-refractivity contribution is 0.260. The van der Waals surface area contributed by atoms with Gasteiger partial charge in [0, 0.05) is 12.1 Å². The summed E-state index contributed by atoms with van der Waals surface area (Å²) in [6.45, 7) is 6.11. The van der Waals surface area contributed by atoms with Crippen LogP contribution in [0.5, 0.6) is 0 Å². The van der Waals surface area contributed by atoms with Gasteiger partial charge in [-0.1, -0.05) is 0 Å². The quantitative estimate of drug-likeness (QED) is 0.795. The van der Waals surface area contributed by atoms with Crippen LogP contribution in [0, 0.1) is 6.92 Å². The third-order valence-electron chi connectivity index (χ3n) is 2.50. The Labute approximate surface area is 104 Å². The van der Waals surface area contributed by atoms with Gasteiger partial charge in [-0.25, -0.2) is 4.98 Å². The van der Waals surface area contributed by atoms with Crippen LogP contribution in [0.4, 0.5) is 11.5 Å². The average molecular weight is 288 g/mol. The largest absolute Gasteiger partial charge is 0.397 e. The van der Waals surface area contributed by atoms with Gasteiger partial charge in [0.15, 0.2) is 0 Å². The number of nitrogens with zero attached hydrogens (tertiary/aromatic N) is 1. The molecule has 0 aliphatic heterocycles. The number of aromatic nitrogens is 1. The molecule has 4 nitrogen and oxygen atoms in total. The predicted molar refractivity (Wildman–Crippen MR) is 70.5 cm³/mol. The molecule has 5 heteroatoms. The van der Waals surface area contributed by atoms with Gasteiger partial charge in [0.1, 0.15) is 5.82 Å². The van der Waals surface area contributed by atoms with Crippen molar-refractivity contribution in [2.45, 2.75) is 32.7 Å². The Kier molecular flexibility index (Phi) is 4.15. The minimum absolute atomic E-state index is 0.144. The molecule has 1 heterocycles. The number of rotatable bonds is 4. The Morgan fingerprint density at radius 3 is 2.75 bits per heavy atom. The number of hydrogen-bond donors (Lipinski definition) is 3. The summed E-state index contributed by atoms with van der Waals surface area (Å²) in [5.74, 6) is 0.755. The maximum absolute atomic E-state index is 8.96. The molecule has 90 valence electrons. The van der Waals surface area contributed by atoms with Crippen molar-refractivity contribution in [2.75, 3.05) is 17.7 Å². The monoisotopic (exact) mass is 287 g/mol. The zero-order valence-corrected chi connectivity index (χ0v) is 11.4. The highest BCUT2D eigenvalue weighted by atomic mass is 79.9. The van der Waals surface area contributed by atoms with Gasteiger partial charge in [-0.2, -0.15) is 0 Å². The first-order chi connectivity index (χ1) is 7.37. The number of anilines is 2. The molecule has 0 aromatic carbocycles. The summed E-state index contributed by atoms with van der Waals surface area (Å²) < 4.78 is 0.874. The van der Waals surface area contributed by atoms with E-state index in [0.29, 0.717) is 12.1 Å². The van der Waals surface area contributed by atoms with Crippen LogP contribution in [-0.2, 0) is 0 Å². The molecule has 0 aliphatic carbocycles. The minimum atomic E-state index is -0.202. The van der Waals surface area contributed by atoms with Gasteiger partial charge in [-0.05, 0) is 48.7 Å². The van der Waals surface area contributed by atoms with Gasteiger partial charge >= 0.3 is 0 Å². The molecule has 1 aromatic heterocycles. The molecule has 0 amide bonds. The minimum Gasteiger partial charge on any atom is -0.397 e. The van der Waals surface area contributed by atoms with E-state index in [9.17, 15) is 0 Å². The van der Waals surface area contributed by atoms with Crippen molar-refractivity contribution in [3.63, 3.8) is 0 Å². The number of pyridine rings is 1. The number of halogens is 1. The standard InChI is InChI=1S/C11H18BrN3O/c1-7-8(13)6-14-10(9(7)12)15-11(2,3)4-5-16/h6,16H,4-5,13H2,1-3H3,(H,14,15). The molecule has 1 aromatic rings. The van der Waals surface area contributed by atoms with E-state index in [4.69, 9.17) is 10.8 Å². The number of nitrogen functional groups attached to an aromatic ring is 1. The molecule has 0 spiro atoms. The number of nitrogens with one attached hydrogen (secondary N) is 1. The zero-order valence-electron chi connectivity index (χ0n) is 9.84. The van der Waals surface area contributed by atoms with E-state index in [1.165, 1.54) is 0 Å². The molecule has 16 heavy (non-hydrogen) atoms. The Morgan fingerprint density at radius 2 is 2.19 bits per heavy atom. The van der Waals surface area contributed by atoms with Crippen LogP contribution >= 0.6 is 15.9 Å². The summed E-state index contributed by atoms with van der Waals surface area (Å²) in [6, 6.07) is 0. The topological polar surface area (TPSA) is 71.2 Å². The fourth-order valence-corrected chi connectivity index (χ4v) is 1.77. The Morgan fingerprint density at radius 1 is 1.56 bits per heavy atom. The third-order valence-corrected chi connectivity index (χ3v) is 3.47. The summed E-state index contributed by atoms with van der Waals surface area (Å²) in [6.07, 6.45) is 2.29. The fourth-order valence-electron chi connectivity index (χ4n) is 1.34. The highest BCUT2D eigenvalue weighted by Gasteiger charge is 2.19. The molecule has 1 rings (SSSR count). The van der Waals surface area contributed by atoms with Gasteiger partial charge in [-0.15, -0.1) is 0 Å². The Bertz CT molecular complexity index is 380. The van der Waals surface area contributed by atoms with E-state index in [2.05, 4.69) is 26.2 Å². The van der Waals surface area contributed by atoms with Gasteiger partial charge in [0.25, 0.3) is 0 Å². The smallest absolute Gasteiger partial charge is 0.141 e. The molecule has 0 saturated heterocycles. The lowest BCUT2D eigenvalue weighted by Crippen LogP contribution is -2.32. The maximum Gasteiger partial charge on any atom is 0.141 e. The van der Waals surface area contributed by atoms with Crippen molar-refractivity contribution in [3.8, 4) is 0 Å². The van der Waals surface area contributed by atoms with Crippen LogP contribution in [0.1, 0.15) is 25.8 Å². The average Bonchev–Trinajstić information content (AvgIpc) is 2.19. The predicted octanol–water partition coefficient (Wildman–Crippen LogP) is 2.31. The fraction of sp³-hybridized carbons (Fsp3) is 0.545. The summed E-state index contributed by atoms with van der Waals surface area (Å²) in [5, 5.41) is 12.2. The van der Waals surface area contributed by atoms with Crippen molar-refractivity contribution in [1.82, 2.24) is 4.98 Å². The summed E-state index contributed by atoms with van der Waals surface area (Å²) in [5.41, 5.74) is 7.18. The molecular formula is C11H18BrN3O. The number of nitrogens with two attached hydrogens (primary N) is 1. The molecule has 4 N–H and O–H groups in total. The zero-order chi connectivity index (χ0) is 12.3. The lowest BCUT2D eigenvalue weighted by Gasteiger charge is -2.27. The van der Waals surface area contributed by atoms with Crippen molar-refractivity contribution < 1.29 is 5.11 Å². The van der Waals surface area contributed by atoms with E-state index in [0.717, 1.165) is 15.9 Å². The first-order valence-electron chi connectivity index (χ1n) is 5.17. The van der Waals surface area contributed by atoms with E-state index >= 15 is 0 Å². The highest BCUT2D eigenvalue weighted by molar-refractivity contribution is 9.10. The summed E-state index contributed by atoms with van der Waals surface area (Å²) in [4.78, 5) is 4.24. The molecule has 0 fully saturated rings.